The van der Waals surface area contributed by atoms with E-state index in [4.69, 9.17) is 9.51 Å². The molecule has 0 aliphatic carbocycles. The van der Waals surface area contributed by atoms with Crippen LogP contribution in [0.2, 0.25) is 0 Å². The quantitative estimate of drug-likeness (QED) is 0.513. The maximum absolute atomic E-state index is 5.61. The standard InChI is InChI=1S/C21H22N8O/c1-13-18(14(2)28(3)26-13)16-8-10-23-21(24-16)29-11-5-7-17(29)20-25-19(27-30-20)15-6-4-9-22-12-15/h4,6,8-10,12,17H,5,7,11H2,1-3H3/t17-/m0/s1. The normalized spacial score (nSPS) is 16.4. The molecule has 0 saturated carbocycles. The predicted octanol–water partition coefficient (Wildman–Crippen LogP) is 3.28. The maximum Gasteiger partial charge on any atom is 0.249 e. The summed E-state index contributed by atoms with van der Waals surface area (Å²) in [5.41, 5.74) is 4.78. The minimum atomic E-state index is -0.0470. The Balaban J connectivity index is 1.47. The molecule has 1 aliphatic heterocycles. The molecule has 4 aromatic heterocycles. The Morgan fingerprint density at radius 1 is 1.13 bits per heavy atom. The molecule has 0 bridgehead atoms. The number of rotatable bonds is 4. The fourth-order valence-electron chi connectivity index (χ4n) is 4.02. The van der Waals surface area contributed by atoms with Crippen molar-refractivity contribution in [3.05, 3.63) is 54.1 Å². The van der Waals surface area contributed by atoms with E-state index in [1.807, 2.05) is 43.8 Å². The van der Waals surface area contributed by atoms with Gasteiger partial charge in [-0.3, -0.25) is 9.67 Å². The van der Waals surface area contributed by atoms with Crippen molar-refractivity contribution in [3.8, 4) is 22.6 Å². The van der Waals surface area contributed by atoms with Crippen molar-refractivity contribution in [3.63, 3.8) is 0 Å². The second-order valence-corrected chi connectivity index (χ2v) is 7.46. The molecule has 0 unspecified atom stereocenters. The molecule has 0 spiro atoms. The molecular formula is C21H22N8O. The summed E-state index contributed by atoms with van der Waals surface area (Å²) < 4.78 is 7.49. The summed E-state index contributed by atoms with van der Waals surface area (Å²) in [5, 5.41) is 8.66. The highest BCUT2D eigenvalue weighted by molar-refractivity contribution is 5.65. The number of hydrogen-bond donors (Lipinski definition) is 0. The van der Waals surface area contributed by atoms with Gasteiger partial charge in [-0.25, -0.2) is 9.97 Å². The van der Waals surface area contributed by atoms with E-state index in [1.165, 1.54) is 0 Å². The van der Waals surface area contributed by atoms with Crippen LogP contribution >= 0.6 is 0 Å². The summed E-state index contributed by atoms with van der Waals surface area (Å²) >= 11 is 0. The van der Waals surface area contributed by atoms with Crippen LogP contribution in [0.15, 0.2) is 41.3 Å². The van der Waals surface area contributed by atoms with E-state index in [9.17, 15) is 0 Å². The van der Waals surface area contributed by atoms with E-state index in [-0.39, 0.29) is 6.04 Å². The lowest BCUT2D eigenvalue weighted by Gasteiger charge is -2.22. The Kier molecular flexibility index (Phi) is 4.50. The minimum absolute atomic E-state index is 0.0470. The van der Waals surface area contributed by atoms with Crippen molar-refractivity contribution in [2.45, 2.75) is 32.7 Å². The van der Waals surface area contributed by atoms with Gasteiger partial charge in [0.25, 0.3) is 0 Å². The lowest BCUT2D eigenvalue weighted by Crippen LogP contribution is -2.25. The third-order valence-corrected chi connectivity index (χ3v) is 5.56. The van der Waals surface area contributed by atoms with Crippen molar-refractivity contribution in [2.24, 2.45) is 7.05 Å². The smallest absolute Gasteiger partial charge is 0.249 e. The number of anilines is 1. The van der Waals surface area contributed by atoms with Gasteiger partial charge in [-0.05, 0) is 44.9 Å². The highest BCUT2D eigenvalue weighted by atomic mass is 16.5. The molecule has 0 N–H and O–H groups in total. The fourth-order valence-corrected chi connectivity index (χ4v) is 4.02. The first kappa shape index (κ1) is 18.4. The average molecular weight is 402 g/mol. The molecule has 4 aromatic rings. The van der Waals surface area contributed by atoms with E-state index < -0.39 is 0 Å². The fraction of sp³-hybridized carbons (Fsp3) is 0.333. The summed E-state index contributed by atoms with van der Waals surface area (Å²) in [4.78, 5) is 20.3. The first-order valence-electron chi connectivity index (χ1n) is 9.96. The van der Waals surface area contributed by atoms with E-state index in [1.54, 1.807) is 18.6 Å². The third kappa shape index (κ3) is 3.12. The Morgan fingerprint density at radius 2 is 2.03 bits per heavy atom. The molecule has 0 aromatic carbocycles. The lowest BCUT2D eigenvalue weighted by molar-refractivity contribution is 0.354. The van der Waals surface area contributed by atoms with Crippen LogP contribution in [0.25, 0.3) is 22.6 Å². The SMILES string of the molecule is Cc1nn(C)c(C)c1-c1ccnc(N2CCC[C@H]2c2nc(-c3cccnc3)no2)n1. The molecule has 0 amide bonds. The molecule has 5 rings (SSSR count). The molecule has 1 saturated heterocycles. The molecule has 0 radical (unpaired) electrons. The van der Waals surface area contributed by atoms with Gasteiger partial charge in [-0.2, -0.15) is 10.1 Å². The molecule has 1 aliphatic rings. The van der Waals surface area contributed by atoms with Crippen molar-refractivity contribution in [1.82, 2.24) is 34.9 Å². The molecule has 5 heterocycles. The molecule has 152 valence electrons. The summed E-state index contributed by atoms with van der Waals surface area (Å²) in [5.74, 6) is 1.79. The molecule has 30 heavy (non-hydrogen) atoms. The summed E-state index contributed by atoms with van der Waals surface area (Å²) in [6.07, 6.45) is 7.17. The Hall–Kier alpha value is -3.62. The number of aromatic nitrogens is 7. The largest absolute Gasteiger partial charge is 0.337 e. The van der Waals surface area contributed by atoms with E-state index in [0.717, 1.165) is 47.6 Å². The summed E-state index contributed by atoms with van der Waals surface area (Å²) in [6, 6.07) is 5.65. The zero-order valence-electron chi connectivity index (χ0n) is 17.1. The summed E-state index contributed by atoms with van der Waals surface area (Å²) in [7, 11) is 1.94. The van der Waals surface area contributed by atoms with Crippen LogP contribution in [0.1, 0.15) is 36.2 Å². The maximum atomic E-state index is 5.61. The van der Waals surface area contributed by atoms with Gasteiger partial charge in [0.05, 0.1) is 11.4 Å². The molecular weight excluding hydrogens is 380 g/mol. The molecule has 9 heteroatoms. The van der Waals surface area contributed by atoms with Crippen LogP contribution in [0.5, 0.6) is 0 Å². The van der Waals surface area contributed by atoms with Crippen LogP contribution in [-0.2, 0) is 7.05 Å². The topological polar surface area (TPSA) is 98.7 Å². The van der Waals surface area contributed by atoms with E-state index >= 15 is 0 Å². The van der Waals surface area contributed by atoms with Gasteiger partial charge in [0.1, 0.15) is 6.04 Å². The number of hydrogen-bond acceptors (Lipinski definition) is 8. The number of nitrogens with zero attached hydrogens (tertiary/aromatic N) is 8. The van der Waals surface area contributed by atoms with Gasteiger partial charge in [0, 0.05) is 49.0 Å². The second kappa shape index (κ2) is 7.33. The Bertz CT molecular complexity index is 1180. The first-order chi connectivity index (χ1) is 14.6. The predicted molar refractivity (Wildman–Crippen MR) is 111 cm³/mol. The van der Waals surface area contributed by atoms with Crippen LogP contribution < -0.4 is 4.90 Å². The monoisotopic (exact) mass is 402 g/mol. The minimum Gasteiger partial charge on any atom is -0.337 e. The van der Waals surface area contributed by atoms with Gasteiger partial charge in [-0.1, -0.05) is 5.16 Å². The van der Waals surface area contributed by atoms with Crippen molar-refractivity contribution in [1.29, 1.82) is 0 Å². The third-order valence-electron chi connectivity index (χ3n) is 5.56. The Labute approximate surface area is 173 Å². The van der Waals surface area contributed by atoms with Gasteiger partial charge < -0.3 is 9.42 Å². The number of aryl methyl sites for hydroxylation is 2. The molecule has 9 nitrogen and oxygen atoms in total. The van der Waals surface area contributed by atoms with Gasteiger partial charge in [0.15, 0.2) is 0 Å². The highest BCUT2D eigenvalue weighted by Gasteiger charge is 2.33. The van der Waals surface area contributed by atoms with Crippen LogP contribution in [0.4, 0.5) is 5.95 Å². The van der Waals surface area contributed by atoms with Crippen molar-refractivity contribution >= 4 is 5.95 Å². The lowest BCUT2D eigenvalue weighted by atomic mass is 10.1. The van der Waals surface area contributed by atoms with Gasteiger partial charge >= 0.3 is 0 Å². The second-order valence-electron chi connectivity index (χ2n) is 7.46. The van der Waals surface area contributed by atoms with Gasteiger partial charge in [-0.15, -0.1) is 0 Å². The molecule has 1 atom stereocenters. The zero-order valence-corrected chi connectivity index (χ0v) is 17.1. The van der Waals surface area contributed by atoms with Gasteiger partial charge in [0.2, 0.25) is 17.7 Å². The first-order valence-corrected chi connectivity index (χ1v) is 9.96. The Morgan fingerprint density at radius 3 is 2.80 bits per heavy atom. The number of pyridine rings is 1. The summed E-state index contributed by atoms with van der Waals surface area (Å²) in [6.45, 7) is 4.89. The van der Waals surface area contributed by atoms with E-state index in [0.29, 0.717) is 17.7 Å². The average Bonchev–Trinajstić information content (AvgIpc) is 3.48. The van der Waals surface area contributed by atoms with Crippen molar-refractivity contribution in [2.75, 3.05) is 11.4 Å². The van der Waals surface area contributed by atoms with Crippen LogP contribution in [0.3, 0.4) is 0 Å². The highest BCUT2D eigenvalue weighted by Crippen LogP contribution is 2.35. The van der Waals surface area contributed by atoms with Crippen LogP contribution in [-0.4, -0.2) is 41.4 Å². The van der Waals surface area contributed by atoms with Crippen molar-refractivity contribution < 1.29 is 4.52 Å². The zero-order chi connectivity index (χ0) is 20.7. The molecule has 1 fully saturated rings. The van der Waals surface area contributed by atoms with Crippen LogP contribution in [0, 0.1) is 13.8 Å². The van der Waals surface area contributed by atoms with E-state index in [2.05, 4.69) is 30.1 Å².